The van der Waals surface area contributed by atoms with Gasteiger partial charge in [0.25, 0.3) is 5.91 Å². The van der Waals surface area contributed by atoms with Crippen molar-refractivity contribution in [1.82, 2.24) is 25.0 Å². The van der Waals surface area contributed by atoms with Crippen LogP contribution >= 0.6 is 0 Å². The van der Waals surface area contributed by atoms with Crippen LogP contribution < -0.4 is 5.32 Å². The van der Waals surface area contributed by atoms with Crippen molar-refractivity contribution in [2.75, 3.05) is 5.32 Å². The molecule has 0 saturated carbocycles. The molecule has 0 bridgehead atoms. The van der Waals surface area contributed by atoms with Crippen molar-refractivity contribution in [3.63, 3.8) is 0 Å². The van der Waals surface area contributed by atoms with E-state index in [9.17, 15) is 14.3 Å². The summed E-state index contributed by atoms with van der Waals surface area (Å²) < 4.78 is 23.7. The topological polar surface area (TPSA) is 132 Å². The Labute approximate surface area is 169 Å². The third kappa shape index (κ3) is 4.10. The van der Waals surface area contributed by atoms with Crippen LogP contribution in [-0.2, 0) is 12.1 Å². The van der Waals surface area contributed by atoms with Crippen LogP contribution in [0.3, 0.4) is 0 Å². The van der Waals surface area contributed by atoms with E-state index in [1.54, 1.807) is 13.8 Å². The Kier molecular flexibility index (Phi) is 4.88. The van der Waals surface area contributed by atoms with Crippen molar-refractivity contribution >= 4 is 11.7 Å². The van der Waals surface area contributed by atoms with Crippen LogP contribution in [0.4, 0.5) is 10.2 Å². The molecule has 1 amide bonds. The van der Waals surface area contributed by atoms with Gasteiger partial charge in [0, 0.05) is 5.56 Å². The number of carbonyl (C=O) groups is 1. The summed E-state index contributed by atoms with van der Waals surface area (Å²) in [6.07, 6.45) is 3.85. The predicted molar refractivity (Wildman–Crippen MR) is 101 cm³/mol. The first-order chi connectivity index (χ1) is 14.3. The Morgan fingerprint density at radius 1 is 1.27 bits per heavy atom. The minimum atomic E-state index is -1.13. The van der Waals surface area contributed by atoms with Crippen LogP contribution in [0.1, 0.15) is 35.9 Å². The minimum Gasteiger partial charge on any atom is -0.446 e. The van der Waals surface area contributed by atoms with Crippen LogP contribution in [0.25, 0.3) is 11.3 Å². The Morgan fingerprint density at radius 2 is 2.03 bits per heavy atom. The van der Waals surface area contributed by atoms with E-state index in [1.165, 1.54) is 41.5 Å². The van der Waals surface area contributed by atoms with E-state index in [4.69, 9.17) is 8.83 Å². The zero-order valence-corrected chi connectivity index (χ0v) is 16.0. The average molecular weight is 412 g/mol. The highest BCUT2D eigenvalue weighted by atomic mass is 19.1. The molecule has 0 aliphatic rings. The standard InChI is InChI=1S/C19H17FN6O4/c1-19(2,28)13-9-29-15(23-13)8-26-22-7-14(25-26)24-18(27)16-17(30-10-21-16)11-3-5-12(20)6-4-11/h3-7,9-10,28H,8H2,1-2H3,(H,24,25,27). The number of nitrogens with zero attached hydrogens (tertiary/aromatic N) is 5. The molecule has 30 heavy (non-hydrogen) atoms. The third-order valence-corrected chi connectivity index (χ3v) is 4.12. The van der Waals surface area contributed by atoms with E-state index in [0.717, 1.165) is 6.39 Å². The molecule has 11 heteroatoms. The summed E-state index contributed by atoms with van der Waals surface area (Å²) in [4.78, 5) is 22.0. The number of amides is 1. The van der Waals surface area contributed by atoms with Crippen LogP contribution in [0.2, 0.25) is 0 Å². The van der Waals surface area contributed by atoms with Gasteiger partial charge in [0.1, 0.15) is 29.9 Å². The van der Waals surface area contributed by atoms with E-state index < -0.39 is 17.3 Å². The first kappa shape index (κ1) is 19.5. The van der Waals surface area contributed by atoms with E-state index in [1.807, 2.05) is 0 Å². The van der Waals surface area contributed by atoms with Gasteiger partial charge < -0.3 is 19.3 Å². The number of nitrogens with one attached hydrogen (secondary N) is 1. The summed E-state index contributed by atoms with van der Waals surface area (Å²) >= 11 is 0. The Morgan fingerprint density at radius 3 is 2.73 bits per heavy atom. The number of aromatic nitrogens is 5. The lowest BCUT2D eigenvalue weighted by Crippen LogP contribution is -2.16. The molecule has 3 heterocycles. The molecule has 0 fully saturated rings. The van der Waals surface area contributed by atoms with Gasteiger partial charge in [-0.1, -0.05) is 0 Å². The molecular weight excluding hydrogens is 395 g/mol. The molecule has 0 unspecified atom stereocenters. The molecule has 4 rings (SSSR count). The monoisotopic (exact) mass is 412 g/mol. The van der Waals surface area contributed by atoms with E-state index in [0.29, 0.717) is 17.1 Å². The van der Waals surface area contributed by atoms with Gasteiger partial charge in [-0.2, -0.15) is 9.90 Å². The average Bonchev–Trinajstić information content (AvgIpc) is 3.43. The smallest absolute Gasteiger partial charge is 0.279 e. The number of aliphatic hydroxyl groups is 1. The van der Waals surface area contributed by atoms with Crippen LogP contribution in [0, 0.1) is 5.82 Å². The summed E-state index contributed by atoms with van der Waals surface area (Å²) in [7, 11) is 0. The number of hydrogen-bond donors (Lipinski definition) is 2. The van der Waals surface area contributed by atoms with Crippen LogP contribution in [-0.4, -0.2) is 36.0 Å². The van der Waals surface area contributed by atoms with E-state index in [-0.39, 0.29) is 23.8 Å². The number of rotatable bonds is 6. The second-order valence-corrected chi connectivity index (χ2v) is 6.94. The zero-order chi connectivity index (χ0) is 21.3. The predicted octanol–water partition coefficient (Wildman–Crippen LogP) is 2.59. The highest BCUT2D eigenvalue weighted by molar-refractivity contribution is 6.05. The van der Waals surface area contributed by atoms with Gasteiger partial charge in [0.15, 0.2) is 23.7 Å². The van der Waals surface area contributed by atoms with Gasteiger partial charge >= 0.3 is 0 Å². The van der Waals surface area contributed by atoms with Gasteiger partial charge in [-0.3, -0.25) is 4.79 Å². The largest absolute Gasteiger partial charge is 0.446 e. The van der Waals surface area contributed by atoms with Gasteiger partial charge in [0.2, 0.25) is 5.89 Å². The van der Waals surface area contributed by atoms with Crippen LogP contribution in [0.15, 0.2) is 52.0 Å². The van der Waals surface area contributed by atoms with E-state index in [2.05, 4.69) is 25.5 Å². The number of oxazole rings is 2. The second-order valence-electron chi connectivity index (χ2n) is 6.94. The molecule has 0 aliphatic heterocycles. The summed E-state index contributed by atoms with van der Waals surface area (Å²) in [6, 6.07) is 5.50. The SMILES string of the molecule is CC(C)(O)c1coc(Cn2ncc(NC(=O)c3ncoc3-c3ccc(F)cc3)n2)n1. The molecule has 4 aromatic rings. The molecule has 10 nitrogen and oxygen atoms in total. The van der Waals surface area contributed by atoms with Crippen molar-refractivity contribution in [1.29, 1.82) is 0 Å². The molecule has 2 N–H and O–H groups in total. The summed E-state index contributed by atoms with van der Waals surface area (Å²) in [5.74, 6) is -0.269. The highest BCUT2D eigenvalue weighted by Gasteiger charge is 2.22. The molecule has 0 spiro atoms. The fraction of sp³-hybridized carbons (Fsp3) is 0.211. The number of benzene rings is 1. The van der Waals surface area contributed by atoms with Crippen LogP contribution in [0.5, 0.6) is 0 Å². The second kappa shape index (κ2) is 7.52. The quantitative estimate of drug-likeness (QED) is 0.494. The Hall–Kier alpha value is -3.86. The number of anilines is 1. The fourth-order valence-electron chi connectivity index (χ4n) is 2.61. The molecular formula is C19H17FN6O4. The summed E-state index contributed by atoms with van der Waals surface area (Å²) in [6.45, 7) is 3.30. The first-order valence-electron chi connectivity index (χ1n) is 8.88. The lowest BCUT2D eigenvalue weighted by atomic mass is 10.1. The molecule has 3 aromatic heterocycles. The Bertz CT molecular complexity index is 1170. The maximum absolute atomic E-state index is 13.1. The molecule has 0 saturated heterocycles. The van der Waals surface area contributed by atoms with Crippen molar-refractivity contribution < 1.29 is 23.1 Å². The molecule has 0 aliphatic carbocycles. The van der Waals surface area contributed by atoms with Crippen molar-refractivity contribution in [2.45, 2.75) is 26.0 Å². The molecule has 0 atom stereocenters. The lowest BCUT2D eigenvalue weighted by molar-refractivity contribution is 0.0737. The first-order valence-corrected chi connectivity index (χ1v) is 8.88. The minimum absolute atomic E-state index is 0.0266. The lowest BCUT2D eigenvalue weighted by Gasteiger charge is -2.11. The Balaban J connectivity index is 1.46. The number of carbonyl (C=O) groups excluding carboxylic acids is 1. The normalized spacial score (nSPS) is 11.6. The van der Waals surface area contributed by atoms with Gasteiger partial charge in [-0.05, 0) is 38.1 Å². The molecule has 154 valence electrons. The van der Waals surface area contributed by atoms with Gasteiger partial charge in [-0.15, -0.1) is 5.10 Å². The third-order valence-electron chi connectivity index (χ3n) is 4.12. The van der Waals surface area contributed by atoms with Gasteiger partial charge in [0.05, 0.1) is 6.20 Å². The summed E-state index contributed by atoms with van der Waals surface area (Å²) in [5.41, 5.74) is -0.205. The van der Waals surface area contributed by atoms with E-state index >= 15 is 0 Å². The molecule has 1 aromatic carbocycles. The number of halogens is 1. The maximum atomic E-state index is 13.1. The molecule has 0 radical (unpaired) electrons. The number of hydrogen-bond acceptors (Lipinski definition) is 8. The van der Waals surface area contributed by atoms with Gasteiger partial charge in [-0.25, -0.2) is 14.4 Å². The maximum Gasteiger partial charge on any atom is 0.279 e. The van der Waals surface area contributed by atoms with Crippen molar-refractivity contribution in [3.05, 3.63) is 66.2 Å². The summed E-state index contributed by atoms with van der Waals surface area (Å²) in [5, 5.41) is 20.7. The fourth-order valence-corrected chi connectivity index (χ4v) is 2.61. The van der Waals surface area contributed by atoms with Crippen molar-refractivity contribution in [2.24, 2.45) is 0 Å². The highest BCUT2D eigenvalue weighted by Crippen LogP contribution is 2.24. The van der Waals surface area contributed by atoms with Crippen molar-refractivity contribution in [3.8, 4) is 11.3 Å². The zero-order valence-electron chi connectivity index (χ0n) is 16.0.